The monoisotopic (exact) mass is 257 g/mol. The van der Waals surface area contributed by atoms with Gasteiger partial charge in [0.1, 0.15) is 0 Å². The molecule has 0 aromatic heterocycles. The van der Waals surface area contributed by atoms with E-state index >= 15 is 0 Å². The third-order valence-corrected chi connectivity index (χ3v) is 2.93. The summed E-state index contributed by atoms with van der Waals surface area (Å²) < 4.78 is 0. The average molecular weight is 257 g/mol. The first kappa shape index (κ1) is 13.3. The summed E-state index contributed by atoms with van der Waals surface area (Å²) in [6.07, 6.45) is 0. The third-order valence-electron chi connectivity index (χ3n) is 2.93. The highest BCUT2D eigenvalue weighted by atomic mass is 16.6. The van der Waals surface area contributed by atoms with E-state index in [1.54, 1.807) is 30.3 Å². The van der Waals surface area contributed by atoms with Crippen LogP contribution in [0.5, 0.6) is 0 Å². The molecule has 2 N–H and O–H groups in total. The first-order chi connectivity index (χ1) is 8.99. The summed E-state index contributed by atoms with van der Waals surface area (Å²) in [4.78, 5) is 10.3. The molecule has 2 aromatic carbocycles. The van der Waals surface area contributed by atoms with Gasteiger partial charge >= 0.3 is 7.12 Å². The van der Waals surface area contributed by atoms with Crippen LogP contribution in [-0.4, -0.2) is 22.1 Å². The Bertz CT molecular complexity index is 628. The van der Waals surface area contributed by atoms with Crippen molar-refractivity contribution in [3.05, 3.63) is 58.1 Å². The van der Waals surface area contributed by atoms with Gasteiger partial charge in [0.05, 0.1) is 4.92 Å². The average Bonchev–Trinajstić information content (AvgIpc) is 2.39. The minimum atomic E-state index is -1.56. The van der Waals surface area contributed by atoms with Gasteiger partial charge in [0.15, 0.2) is 0 Å². The molecule has 5 nitrogen and oxygen atoms in total. The number of nitro benzene ring substituents is 1. The molecule has 6 heteroatoms. The Morgan fingerprint density at radius 2 is 1.89 bits per heavy atom. The topological polar surface area (TPSA) is 83.6 Å². The summed E-state index contributed by atoms with van der Waals surface area (Å²) in [6, 6.07) is 11.2. The second-order valence-electron chi connectivity index (χ2n) is 4.26. The van der Waals surface area contributed by atoms with Gasteiger partial charge in [-0.1, -0.05) is 30.3 Å². The minimum absolute atomic E-state index is 0.00634. The van der Waals surface area contributed by atoms with Crippen molar-refractivity contribution >= 4 is 18.3 Å². The van der Waals surface area contributed by atoms with Crippen molar-refractivity contribution in [2.75, 3.05) is 0 Å². The van der Waals surface area contributed by atoms with Crippen LogP contribution in [0.3, 0.4) is 0 Å². The maximum absolute atomic E-state index is 10.8. The number of aryl methyl sites for hydroxylation is 1. The number of rotatable bonds is 3. The van der Waals surface area contributed by atoms with Gasteiger partial charge in [-0.3, -0.25) is 10.1 Å². The molecule has 0 spiro atoms. The number of non-ortho nitro benzene ring substituents is 1. The maximum Gasteiger partial charge on any atom is 0.488 e. The van der Waals surface area contributed by atoms with Crippen molar-refractivity contribution in [1.29, 1.82) is 0 Å². The van der Waals surface area contributed by atoms with E-state index in [1.807, 2.05) is 6.92 Å². The van der Waals surface area contributed by atoms with E-state index in [0.717, 1.165) is 11.1 Å². The molecule has 0 heterocycles. The van der Waals surface area contributed by atoms with Gasteiger partial charge in [0, 0.05) is 12.1 Å². The van der Waals surface area contributed by atoms with Crippen LogP contribution in [0, 0.1) is 17.0 Å². The summed E-state index contributed by atoms with van der Waals surface area (Å²) >= 11 is 0. The van der Waals surface area contributed by atoms with Gasteiger partial charge in [-0.2, -0.15) is 0 Å². The first-order valence-corrected chi connectivity index (χ1v) is 5.70. The summed E-state index contributed by atoms with van der Waals surface area (Å²) in [5.41, 5.74) is 2.69. The summed E-state index contributed by atoms with van der Waals surface area (Å²) in [7, 11) is -1.56. The van der Waals surface area contributed by atoms with E-state index < -0.39 is 12.0 Å². The number of benzene rings is 2. The molecular formula is C13H12BNO4. The fourth-order valence-corrected chi connectivity index (χ4v) is 1.90. The zero-order chi connectivity index (χ0) is 14.0. The second kappa shape index (κ2) is 5.21. The fourth-order valence-electron chi connectivity index (χ4n) is 1.90. The lowest BCUT2D eigenvalue weighted by Crippen LogP contribution is -2.29. The number of nitro groups is 1. The van der Waals surface area contributed by atoms with E-state index in [2.05, 4.69) is 0 Å². The standard InChI is InChI=1S/C13H12BNO4/c1-9-5-6-11(14(16)17)8-13(9)10-3-2-4-12(7-10)15(18)19/h2-8,16-17H,1H3. The summed E-state index contributed by atoms with van der Waals surface area (Å²) in [5, 5.41) is 29.1. The molecular weight excluding hydrogens is 245 g/mol. The Hall–Kier alpha value is -2.18. The molecule has 0 aliphatic rings. The molecule has 0 unspecified atom stereocenters. The quantitative estimate of drug-likeness (QED) is 0.492. The van der Waals surface area contributed by atoms with Crippen LogP contribution in [0.4, 0.5) is 5.69 Å². The van der Waals surface area contributed by atoms with Gasteiger partial charge < -0.3 is 10.0 Å². The molecule has 0 saturated carbocycles. The van der Waals surface area contributed by atoms with Gasteiger partial charge in [0.2, 0.25) is 0 Å². The normalized spacial score (nSPS) is 10.3. The van der Waals surface area contributed by atoms with E-state index in [9.17, 15) is 20.2 Å². The van der Waals surface area contributed by atoms with Crippen LogP contribution < -0.4 is 5.46 Å². The Kier molecular flexibility index (Phi) is 3.64. The number of hydrogen-bond acceptors (Lipinski definition) is 4. The van der Waals surface area contributed by atoms with Crippen LogP contribution in [0.15, 0.2) is 42.5 Å². The van der Waals surface area contributed by atoms with E-state index in [-0.39, 0.29) is 5.69 Å². The highest BCUT2D eigenvalue weighted by Gasteiger charge is 2.14. The molecule has 0 aliphatic heterocycles. The van der Waals surface area contributed by atoms with Crippen LogP contribution in [0.2, 0.25) is 0 Å². The zero-order valence-corrected chi connectivity index (χ0v) is 10.3. The summed E-state index contributed by atoms with van der Waals surface area (Å²) in [5.74, 6) is 0. The van der Waals surface area contributed by atoms with Gasteiger partial charge in [-0.25, -0.2) is 0 Å². The Morgan fingerprint density at radius 3 is 2.53 bits per heavy atom. The molecule has 19 heavy (non-hydrogen) atoms. The van der Waals surface area contributed by atoms with Crippen LogP contribution in [0.1, 0.15) is 5.56 Å². The predicted octanol–water partition coefficient (Wildman–Crippen LogP) is 1.25. The van der Waals surface area contributed by atoms with Crippen molar-refractivity contribution < 1.29 is 15.0 Å². The zero-order valence-electron chi connectivity index (χ0n) is 10.3. The van der Waals surface area contributed by atoms with Crippen LogP contribution in [-0.2, 0) is 0 Å². The lowest BCUT2D eigenvalue weighted by atomic mass is 9.78. The Morgan fingerprint density at radius 1 is 1.16 bits per heavy atom. The second-order valence-corrected chi connectivity index (χ2v) is 4.26. The minimum Gasteiger partial charge on any atom is -0.423 e. The predicted molar refractivity (Wildman–Crippen MR) is 73.1 cm³/mol. The number of hydrogen-bond donors (Lipinski definition) is 2. The van der Waals surface area contributed by atoms with Crippen LogP contribution in [0.25, 0.3) is 11.1 Å². The Balaban J connectivity index is 2.54. The van der Waals surface area contributed by atoms with E-state index in [1.165, 1.54) is 12.1 Å². The molecule has 96 valence electrons. The summed E-state index contributed by atoms with van der Waals surface area (Å²) in [6.45, 7) is 1.86. The fraction of sp³-hybridized carbons (Fsp3) is 0.0769. The third kappa shape index (κ3) is 2.81. The van der Waals surface area contributed by atoms with Crippen molar-refractivity contribution in [3.63, 3.8) is 0 Å². The van der Waals surface area contributed by atoms with Gasteiger partial charge in [0.25, 0.3) is 5.69 Å². The highest BCUT2D eigenvalue weighted by Crippen LogP contribution is 2.25. The van der Waals surface area contributed by atoms with Crippen molar-refractivity contribution in [1.82, 2.24) is 0 Å². The van der Waals surface area contributed by atoms with Crippen LogP contribution >= 0.6 is 0 Å². The lowest BCUT2D eigenvalue weighted by Gasteiger charge is -2.08. The van der Waals surface area contributed by atoms with Gasteiger partial charge in [-0.05, 0) is 29.1 Å². The molecule has 0 amide bonds. The Labute approximate surface area is 110 Å². The molecule has 0 radical (unpaired) electrons. The largest absolute Gasteiger partial charge is 0.488 e. The molecule has 0 bridgehead atoms. The molecule has 0 fully saturated rings. The van der Waals surface area contributed by atoms with Crippen molar-refractivity contribution in [3.8, 4) is 11.1 Å². The molecule has 0 saturated heterocycles. The first-order valence-electron chi connectivity index (χ1n) is 5.70. The highest BCUT2D eigenvalue weighted by molar-refractivity contribution is 6.58. The van der Waals surface area contributed by atoms with E-state index in [4.69, 9.17) is 0 Å². The van der Waals surface area contributed by atoms with Gasteiger partial charge in [-0.15, -0.1) is 0 Å². The number of nitrogens with zero attached hydrogens (tertiary/aromatic N) is 1. The molecule has 2 rings (SSSR count). The molecule has 2 aromatic rings. The molecule has 0 aliphatic carbocycles. The van der Waals surface area contributed by atoms with E-state index in [0.29, 0.717) is 11.0 Å². The maximum atomic E-state index is 10.8. The smallest absolute Gasteiger partial charge is 0.423 e. The van der Waals surface area contributed by atoms with Crippen molar-refractivity contribution in [2.45, 2.75) is 6.92 Å². The molecule has 0 atom stereocenters. The SMILES string of the molecule is Cc1ccc(B(O)O)cc1-c1cccc([N+](=O)[O-])c1. The lowest BCUT2D eigenvalue weighted by molar-refractivity contribution is -0.384. The van der Waals surface area contributed by atoms with Crippen molar-refractivity contribution in [2.24, 2.45) is 0 Å².